The lowest BCUT2D eigenvalue weighted by Gasteiger charge is -2.31. The third-order valence-electron chi connectivity index (χ3n) is 5.58. The smallest absolute Gasteiger partial charge is 0.227 e. The minimum atomic E-state index is -0.305. The molecule has 166 valence electrons. The molecule has 0 aliphatic carbocycles. The van der Waals surface area contributed by atoms with Crippen LogP contribution in [-0.2, 0) is 4.79 Å². The summed E-state index contributed by atoms with van der Waals surface area (Å²) in [5, 5.41) is 11.5. The molecule has 1 aromatic heterocycles. The second kappa shape index (κ2) is 9.64. The van der Waals surface area contributed by atoms with Gasteiger partial charge in [-0.25, -0.2) is 4.39 Å². The molecule has 0 radical (unpaired) electrons. The monoisotopic (exact) mass is 436 g/mol. The van der Waals surface area contributed by atoms with Gasteiger partial charge in [0.15, 0.2) is 5.82 Å². The summed E-state index contributed by atoms with van der Waals surface area (Å²) in [4.78, 5) is 14.9. The van der Waals surface area contributed by atoms with Gasteiger partial charge in [-0.15, -0.1) is 10.2 Å². The maximum absolute atomic E-state index is 13.4. The number of methoxy groups -OCH3 is 2. The highest BCUT2D eigenvalue weighted by Crippen LogP contribution is 2.28. The van der Waals surface area contributed by atoms with Gasteiger partial charge in [-0.05, 0) is 37.1 Å². The van der Waals surface area contributed by atoms with Gasteiger partial charge in [-0.1, -0.05) is 12.1 Å². The summed E-state index contributed by atoms with van der Waals surface area (Å²) in [5.41, 5.74) is 1.96. The maximum Gasteiger partial charge on any atom is 0.227 e. The number of aromatic nitrogens is 2. The number of nitrogens with zero attached hydrogens (tertiary/aromatic N) is 3. The standard InChI is InChI=1S/C24H25FN4O3/c1-31-20-13-19(14-21(15-20)32-2)26-24(30)16-8-10-29(11-9-16)23-7-6-22(27-28-23)17-4-3-5-18(25)12-17/h3-7,12-16H,8-11H2,1-2H3,(H,26,30). The highest BCUT2D eigenvalue weighted by atomic mass is 19.1. The molecule has 0 atom stereocenters. The molecule has 1 aliphatic rings. The lowest BCUT2D eigenvalue weighted by Crippen LogP contribution is -2.38. The number of hydrogen-bond donors (Lipinski definition) is 1. The minimum absolute atomic E-state index is 0.0208. The summed E-state index contributed by atoms with van der Waals surface area (Å²) >= 11 is 0. The maximum atomic E-state index is 13.4. The Kier molecular flexibility index (Phi) is 6.49. The molecule has 7 nitrogen and oxygen atoms in total. The minimum Gasteiger partial charge on any atom is -0.497 e. The molecule has 0 bridgehead atoms. The van der Waals surface area contributed by atoms with Crippen molar-refractivity contribution in [2.24, 2.45) is 5.92 Å². The number of anilines is 2. The van der Waals surface area contributed by atoms with E-state index < -0.39 is 0 Å². The molecule has 0 unspecified atom stereocenters. The van der Waals surface area contributed by atoms with E-state index in [1.807, 2.05) is 12.1 Å². The van der Waals surface area contributed by atoms with Crippen molar-refractivity contribution in [3.8, 4) is 22.8 Å². The first-order valence-electron chi connectivity index (χ1n) is 10.4. The summed E-state index contributed by atoms with van der Waals surface area (Å²) in [6.07, 6.45) is 1.42. The number of benzene rings is 2. The SMILES string of the molecule is COc1cc(NC(=O)C2CCN(c3ccc(-c4cccc(F)c4)nn3)CC2)cc(OC)c1. The Morgan fingerprint density at radius 3 is 2.31 bits per heavy atom. The number of halogens is 1. The first-order chi connectivity index (χ1) is 15.6. The predicted molar refractivity (Wildman–Crippen MR) is 121 cm³/mol. The number of carbonyl (C=O) groups is 1. The van der Waals surface area contributed by atoms with E-state index in [9.17, 15) is 9.18 Å². The van der Waals surface area contributed by atoms with Crippen molar-refractivity contribution >= 4 is 17.4 Å². The predicted octanol–water partition coefficient (Wildman–Crippen LogP) is 4.16. The number of piperidine rings is 1. The van der Waals surface area contributed by atoms with Crippen molar-refractivity contribution in [1.82, 2.24) is 10.2 Å². The second-order valence-corrected chi connectivity index (χ2v) is 7.64. The molecule has 2 heterocycles. The topological polar surface area (TPSA) is 76.6 Å². The molecule has 1 amide bonds. The van der Waals surface area contributed by atoms with Crippen LogP contribution in [0.3, 0.4) is 0 Å². The van der Waals surface area contributed by atoms with Gasteiger partial charge >= 0.3 is 0 Å². The third kappa shape index (κ3) is 4.96. The Hall–Kier alpha value is -3.68. The van der Waals surface area contributed by atoms with E-state index in [2.05, 4.69) is 20.4 Å². The first kappa shape index (κ1) is 21.5. The summed E-state index contributed by atoms with van der Waals surface area (Å²) in [5.74, 6) is 1.57. The van der Waals surface area contributed by atoms with Crippen LogP contribution in [0.2, 0.25) is 0 Å². The Morgan fingerprint density at radius 2 is 1.72 bits per heavy atom. The fraction of sp³-hybridized carbons (Fsp3) is 0.292. The first-order valence-corrected chi connectivity index (χ1v) is 10.4. The summed E-state index contributed by atoms with van der Waals surface area (Å²) in [6, 6.07) is 15.3. The van der Waals surface area contributed by atoms with Crippen LogP contribution in [-0.4, -0.2) is 43.4 Å². The van der Waals surface area contributed by atoms with Crippen LogP contribution >= 0.6 is 0 Å². The van der Waals surface area contributed by atoms with E-state index >= 15 is 0 Å². The molecule has 8 heteroatoms. The molecule has 3 aromatic rings. The molecule has 1 aliphatic heterocycles. The van der Waals surface area contributed by atoms with E-state index in [1.165, 1.54) is 12.1 Å². The van der Waals surface area contributed by atoms with Crippen LogP contribution in [0.1, 0.15) is 12.8 Å². The van der Waals surface area contributed by atoms with Gasteiger partial charge in [-0.2, -0.15) is 0 Å². The van der Waals surface area contributed by atoms with Crippen molar-refractivity contribution in [2.45, 2.75) is 12.8 Å². The lowest BCUT2D eigenvalue weighted by molar-refractivity contribution is -0.120. The second-order valence-electron chi connectivity index (χ2n) is 7.64. The van der Waals surface area contributed by atoms with Crippen molar-refractivity contribution < 1.29 is 18.7 Å². The van der Waals surface area contributed by atoms with Gasteiger partial charge in [0, 0.05) is 48.5 Å². The van der Waals surface area contributed by atoms with Crippen LogP contribution < -0.4 is 19.7 Å². The van der Waals surface area contributed by atoms with E-state index in [4.69, 9.17) is 9.47 Å². The zero-order valence-electron chi connectivity index (χ0n) is 18.0. The van der Waals surface area contributed by atoms with Crippen molar-refractivity contribution in [1.29, 1.82) is 0 Å². The number of nitrogens with one attached hydrogen (secondary N) is 1. The number of hydrogen-bond acceptors (Lipinski definition) is 6. The highest BCUT2D eigenvalue weighted by Gasteiger charge is 2.26. The summed E-state index contributed by atoms with van der Waals surface area (Å²) in [6.45, 7) is 1.40. The molecule has 4 rings (SSSR count). The molecule has 1 N–H and O–H groups in total. The number of rotatable bonds is 6. The Morgan fingerprint density at radius 1 is 1.00 bits per heavy atom. The van der Waals surface area contributed by atoms with Gasteiger partial charge in [0.2, 0.25) is 5.91 Å². The molecule has 0 saturated carbocycles. The Balaban J connectivity index is 1.35. The van der Waals surface area contributed by atoms with Crippen LogP contribution in [0, 0.1) is 11.7 Å². The fourth-order valence-electron chi connectivity index (χ4n) is 3.79. The largest absolute Gasteiger partial charge is 0.497 e. The van der Waals surface area contributed by atoms with Crippen molar-refractivity contribution in [3.05, 3.63) is 60.4 Å². The normalized spacial score (nSPS) is 14.2. The van der Waals surface area contributed by atoms with Crippen LogP contribution in [0.4, 0.5) is 15.9 Å². The molecular weight excluding hydrogens is 411 g/mol. The average molecular weight is 436 g/mol. The van der Waals surface area contributed by atoms with Crippen molar-refractivity contribution in [3.63, 3.8) is 0 Å². The Bertz CT molecular complexity index is 1060. The highest BCUT2D eigenvalue weighted by molar-refractivity contribution is 5.93. The average Bonchev–Trinajstić information content (AvgIpc) is 2.84. The van der Waals surface area contributed by atoms with Gasteiger partial charge in [0.25, 0.3) is 0 Å². The van der Waals surface area contributed by atoms with E-state index in [1.54, 1.807) is 44.6 Å². The lowest BCUT2D eigenvalue weighted by atomic mass is 9.95. The number of ether oxygens (including phenoxy) is 2. The summed E-state index contributed by atoms with van der Waals surface area (Å²) in [7, 11) is 3.15. The quantitative estimate of drug-likeness (QED) is 0.626. The van der Waals surface area contributed by atoms with Crippen LogP contribution in [0.5, 0.6) is 11.5 Å². The van der Waals surface area contributed by atoms with Gasteiger partial charge in [0.1, 0.15) is 17.3 Å². The van der Waals surface area contributed by atoms with Gasteiger partial charge in [0.05, 0.1) is 19.9 Å². The van der Waals surface area contributed by atoms with Crippen molar-refractivity contribution in [2.75, 3.05) is 37.5 Å². The molecule has 1 saturated heterocycles. The van der Waals surface area contributed by atoms with Crippen LogP contribution in [0.15, 0.2) is 54.6 Å². The van der Waals surface area contributed by atoms with E-state index in [0.29, 0.717) is 54.4 Å². The van der Waals surface area contributed by atoms with E-state index in [-0.39, 0.29) is 17.6 Å². The van der Waals surface area contributed by atoms with Crippen LogP contribution in [0.25, 0.3) is 11.3 Å². The third-order valence-corrected chi connectivity index (χ3v) is 5.58. The molecular formula is C24H25FN4O3. The van der Waals surface area contributed by atoms with Gasteiger partial charge < -0.3 is 19.7 Å². The fourth-order valence-corrected chi connectivity index (χ4v) is 3.79. The zero-order chi connectivity index (χ0) is 22.5. The molecule has 2 aromatic carbocycles. The number of amides is 1. The summed E-state index contributed by atoms with van der Waals surface area (Å²) < 4.78 is 24.0. The molecule has 0 spiro atoms. The Labute approximate surface area is 186 Å². The zero-order valence-corrected chi connectivity index (χ0v) is 18.0. The molecule has 32 heavy (non-hydrogen) atoms. The van der Waals surface area contributed by atoms with E-state index in [0.717, 1.165) is 5.82 Å². The van der Waals surface area contributed by atoms with Gasteiger partial charge in [-0.3, -0.25) is 4.79 Å². The molecule has 1 fully saturated rings. The number of carbonyl (C=O) groups excluding carboxylic acids is 1.